The number of benzene rings is 2. The molecule has 5 atom stereocenters. The van der Waals surface area contributed by atoms with Crippen molar-refractivity contribution >= 4 is 0 Å². The van der Waals surface area contributed by atoms with Gasteiger partial charge in [-0.05, 0) is 128 Å². The van der Waals surface area contributed by atoms with E-state index in [-0.39, 0.29) is 0 Å². The van der Waals surface area contributed by atoms with Crippen molar-refractivity contribution in [2.45, 2.75) is 70.1 Å². The first-order chi connectivity index (χ1) is 16.1. The van der Waals surface area contributed by atoms with Gasteiger partial charge in [0.15, 0.2) is 0 Å². The van der Waals surface area contributed by atoms with Crippen LogP contribution in [-0.2, 0) is 6.42 Å². The van der Waals surface area contributed by atoms with Gasteiger partial charge in [-0.3, -0.25) is 4.90 Å². The maximum Gasteiger partial charge on any atom is 0.119 e. The molecule has 1 heterocycles. The van der Waals surface area contributed by atoms with Crippen LogP contribution in [0.3, 0.4) is 0 Å². The van der Waals surface area contributed by atoms with Crippen molar-refractivity contribution in [2.75, 3.05) is 26.2 Å². The second-order valence-corrected chi connectivity index (χ2v) is 11.5. The molecule has 0 amide bonds. The Hall–Kier alpha value is -2.00. The fourth-order valence-corrected chi connectivity index (χ4v) is 8.14. The van der Waals surface area contributed by atoms with Gasteiger partial charge in [-0.1, -0.05) is 31.5 Å². The highest BCUT2D eigenvalue weighted by atomic mass is 16.5. The zero-order valence-corrected chi connectivity index (χ0v) is 20.1. The predicted octanol–water partition coefficient (Wildman–Crippen LogP) is 6.51. The standard InChI is InChI=1S/C30H39NO2/c1-30-14-4-5-28(30)26-12-8-22-19-23(32)9-13-25(22)29(26)27(20-30)21-6-10-24(11-7-21)33-18-17-31-15-2-3-16-31/h6-7,9-11,13,19,26-29,32H,2-5,8,12,14-18,20H2,1H3/t26-,27+,28-,29+,30-/m0/s1. The van der Waals surface area contributed by atoms with Gasteiger partial charge < -0.3 is 9.84 Å². The normalized spacial score (nSPS) is 33.4. The first-order valence-corrected chi connectivity index (χ1v) is 13.4. The van der Waals surface area contributed by atoms with Crippen LogP contribution >= 0.6 is 0 Å². The lowest BCUT2D eigenvalue weighted by Gasteiger charge is -2.53. The van der Waals surface area contributed by atoms with Crippen molar-refractivity contribution in [2.24, 2.45) is 17.3 Å². The molecule has 1 aliphatic heterocycles. The molecule has 4 aliphatic rings. The fraction of sp³-hybridized carbons (Fsp3) is 0.600. The van der Waals surface area contributed by atoms with Gasteiger partial charge in [0.25, 0.3) is 0 Å². The Balaban J connectivity index is 1.26. The molecular formula is C30H39NO2. The van der Waals surface area contributed by atoms with Crippen LogP contribution in [0.1, 0.15) is 80.4 Å². The lowest BCUT2D eigenvalue weighted by molar-refractivity contribution is 0.0431. The third-order valence-electron chi connectivity index (χ3n) is 9.67. The Bertz CT molecular complexity index is 979. The summed E-state index contributed by atoms with van der Waals surface area (Å²) >= 11 is 0. The maximum atomic E-state index is 10.1. The summed E-state index contributed by atoms with van der Waals surface area (Å²) < 4.78 is 6.11. The highest BCUT2D eigenvalue weighted by Gasteiger charge is 2.54. The van der Waals surface area contributed by atoms with Gasteiger partial charge in [0.2, 0.25) is 0 Å². The summed E-state index contributed by atoms with van der Waals surface area (Å²) in [6.07, 6.45) is 10.5. The number of nitrogens with zero attached hydrogens (tertiary/aromatic N) is 1. The number of fused-ring (bicyclic) bond motifs is 5. The van der Waals surface area contributed by atoms with E-state index >= 15 is 0 Å². The molecule has 0 spiro atoms. The number of likely N-dealkylation sites (tertiary alicyclic amines) is 1. The van der Waals surface area contributed by atoms with Gasteiger partial charge in [0.1, 0.15) is 18.1 Å². The van der Waals surface area contributed by atoms with Crippen LogP contribution in [0.4, 0.5) is 0 Å². The zero-order valence-electron chi connectivity index (χ0n) is 20.1. The highest BCUT2D eigenvalue weighted by Crippen LogP contribution is 2.65. The van der Waals surface area contributed by atoms with E-state index in [1.807, 2.05) is 12.1 Å². The Morgan fingerprint density at radius 3 is 2.67 bits per heavy atom. The number of phenols is 1. The largest absolute Gasteiger partial charge is 0.508 e. The number of phenolic OH excluding ortho intramolecular Hbond substituents is 1. The molecule has 3 heteroatoms. The Labute approximate surface area is 199 Å². The van der Waals surface area contributed by atoms with E-state index in [4.69, 9.17) is 4.74 Å². The first kappa shape index (κ1) is 21.5. The minimum Gasteiger partial charge on any atom is -0.508 e. The van der Waals surface area contributed by atoms with Crippen LogP contribution in [0, 0.1) is 17.3 Å². The van der Waals surface area contributed by atoms with Crippen molar-refractivity contribution in [1.82, 2.24) is 4.90 Å². The van der Waals surface area contributed by atoms with Crippen molar-refractivity contribution in [3.05, 3.63) is 59.2 Å². The number of aryl methyl sites for hydroxylation is 1. The lowest BCUT2D eigenvalue weighted by Crippen LogP contribution is -2.43. The summed E-state index contributed by atoms with van der Waals surface area (Å²) in [5.41, 5.74) is 4.84. The Morgan fingerprint density at radius 1 is 1.03 bits per heavy atom. The summed E-state index contributed by atoms with van der Waals surface area (Å²) in [4.78, 5) is 2.51. The number of hydrogen-bond acceptors (Lipinski definition) is 3. The second-order valence-electron chi connectivity index (χ2n) is 11.5. The van der Waals surface area contributed by atoms with Crippen LogP contribution in [-0.4, -0.2) is 36.2 Å². The van der Waals surface area contributed by atoms with E-state index in [9.17, 15) is 5.11 Å². The molecule has 2 aromatic carbocycles. The van der Waals surface area contributed by atoms with Gasteiger partial charge in [-0.15, -0.1) is 0 Å². The van der Waals surface area contributed by atoms with Crippen molar-refractivity contribution in [3.8, 4) is 11.5 Å². The van der Waals surface area contributed by atoms with E-state index in [1.54, 1.807) is 0 Å². The summed E-state index contributed by atoms with van der Waals surface area (Å²) in [5.74, 6) is 4.17. The molecule has 3 aliphatic carbocycles. The molecule has 0 aromatic heterocycles. The molecule has 33 heavy (non-hydrogen) atoms. The molecule has 0 unspecified atom stereocenters. The average Bonchev–Trinajstić information content (AvgIpc) is 3.48. The topological polar surface area (TPSA) is 32.7 Å². The molecule has 1 N–H and O–H groups in total. The summed E-state index contributed by atoms with van der Waals surface area (Å²) in [5, 5.41) is 10.1. The Morgan fingerprint density at radius 2 is 1.85 bits per heavy atom. The molecule has 3 nitrogen and oxygen atoms in total. The van der Waals surface area contributed by atoms with Crippen LogP contribution in [0.5, 0.6) is 11.5 Å². The van der Waals surface area contributed by atoms with E-state index < -0.39 is 0 Å². The van der Waals surface area contributed by atoms with Crippen LogP contribution in [0.2, 0.25) is 0 Å². The van der Waals surface area contributed by atoms with Crippen LogP contribution in [0.25, 0.3) is 0 Å². The first-order valence-electron chi connectivity index (χ1n) is 13.4. The average molecular weight is 446 g/mol. The molecule has 176 valence electrons. The number of aromatic hydroxyl groups is 1. The van der Waals surface area contributed by atoms with Crippen LogP contribution in [0.15, 0.2) is 42.5 Å². The van der Waals surface area contributed by atoms with E-state index in [2.05, 4.69) is 42.2 Å². The molecule has 0 bridgehead atoms. The third-order valence-corrected chi connectivity index (χ3v) is 9.67. The van der Waals surface area contributed by atoms with E-state index in [1.165, 1.54) is 74.7 Å². The molecule has 2 saturated carbocycles. The predicted molar refractivity (Wildman–Crippen MR) is 133 cm³/mol. The highest BCUT2D eigenvalue weighted by molar-refractivity contribution is 5.43. The maximum absolute atomic E-state index is 10.1. The van der Waals surface area contributed by atoms with E-state index in [0.29, 0.717) is 23.0 Å². The van der Waals surface area contributed by atoms with Crippen molar-refractivity contribution in [3.63, 3.8) is 0 Å². The van der Waals surface area contributed by atoms with Crippen molar-refractivity contribution < 1.29 is 9.84 Å². The van der Waals surface area contributed by atoms with E-state index in [0.717, 1.165) is 37.2 Å². The summed E-state index contributed by atoms with van der Waals surface area (Å²) in [6, 6.07) is 15.3. The summed E-state index contributed by atoms with van der Waals surface area (Å²) in [7, 11) is 0. The zero-order chi connectivity index (χ0) is 22.4. The van der Waals surface area contributed by atoms with Gasteiger partial charge >= 0.3 is 0 Å². The minimum absolute atomic E-state index is 0.417. The monoisotopic (exact) mass is 445 g/mol. The smallest absolute Gasteiger partial charge is 0.119 e. The van der Waals surface area contributed by atoms with Crippen molar-refractivity contribution in [1.29, 1.82) is 0 Å². The molecular weight excluding hydrogens is 406 g/mol. The van der Waals surface area contributed by atoms with Gasteiger partial charge in [-0.2, -0.15) is 0 Å². The fourth-order valence-electron chi connectivity index (χ4n) is 8.14. The molecule has 0 radical (unpaired) electrons. The quantitative estimate of drug-likeness (QED) is 0.570. The Kier molecular flexibility index (Phi) is 5.64. The lowest BCUT2D eigenvalue weighted by atomic mass is 9.51. The molecule has 1 saturated heterocycles. The SMILES string of the molecule is C[C@@]12CCC[C@H]1[C@@H]1CCc3cc(O)ccc3[C@H]1[C@@H](c1ccc(OCCN3CCCC3)cc1)C2. The third kappa shape index (κ3) is 3.97. The second kappa shape index (κ2) is 8.65. The summed E-state index contributed by atoms with van der Waals surface area (Å²) in [6.45, 7) is 6.86. The molecule has 3 fully saturated rings. The van der Waals surface area contributed by atoms with Gasteiger partial charge in [0, 0.05) is 6.54 Å². The number of rotatable bonds is 5. The molecule has 2 aromatic rings. The number of hydrogen-bond donors (Lipinski definition) is 1. The minimum atomic E-state index is 0.417. The molecule has 6 rings (SSSR count). The van der Waals surface area contributed by atoms with Crippen LogP contribution < -0.4 is 4.74 Å². The number of ether oxygens (including phenoxy) is 1. The van der Waals surface area contributed by atoms with Gasteiger partial charge in [0.05, 0.1) is 0 Å². The van der Waals surface area contributed by atoms with Gasteiger partial charge in [-0.25, -0.2) is 0 Å².